The number of amidine groups is 1. The van der Waals surface area contributed by atoms with Gasteiger partial charge >= 0.3 is 0 Å². The lowest BCUT2D eigenvalue weighted by Crippen LogP contribution is -2.24. The molecule has 0 aliphatic heterocycles. The Kier molecular flexibility index (Phi) is 6.67. The number of hydrogen-bond acceptors (Lipinski definition) is 4. The van der Waals surface area contributed by atoms with Crippen LogP contribution in [0.25, 0.3) is 10.4 Å². The van der Waals surface area contributed by atoms with Crippen LogP contribution >= 0.6 is 22.9 Å². The van der Waals surface area contributed by atoms with E-state index >= 15 is 0 Å². The van der Waals surface area contributed by atoms with Crippen molar-refractivity contribution < 1.29 is 9.53 Å². The molecule has 0 spiro atoms. The zero-order chi connectivity index (χ0) is 25.4. The van der Waals surface area contributed by atoms with Gasteiger partial charge in [-0.05, 0) is 63.7 Å². The Labute approximate surface area is 219 Å². The zero-order valence-corrected chi connectivity index (χ0v) is 21.5. The second-order valence-corrected chi connectivity index (χ2v) is 10.6. The quantitative estimate of drug-likeness (QED) is 0.203. The second kappa shape index (κ2) is 9.90. The average molecular weight is 516 g/mol. The lowest BCUT2D eigenvalue weighted by Gasteiger charge is -2.32. The van der Waals surface area contributed by atoms with Gasteiger partial charge in [-0.1, -0.05) is 61.0 Å². The number of benzene rings is 3. The van der Waals surface area contributed by atoms with E-state index in [-0.39, 0.29) is 23.8 Å². The number of methoxy groups -OCH3 is 1. The molecule has 4 N–H and O–H groups in total. The molecule has 4 aromatic rings. The predicted octanol–water partition coefficient (Wildman–Crippen LogP) is 6.48. The van der Waals surface area contributed by atoms with E-state index in [4.69, 9.17) is 27.5 Å². The van der Waals surface area contributed by atoms with E-state index in [0.29, 0.717) is 17.7 Å². The highest BCUT2D eigenvalue weighted by Gasteiger charge is 2.31. The number of nitrogens with two attached hydrogens (primary N) is 1. The van der Waals surface area contributed by atoms with Crippen LogP contribution in [0.5, 0.6) is 0 Å². The Morgan fingerprint density at radius 2 is 1.64 bits per heavy atom. The van der Waals surface area contributed by atoms with Gasteiger partial charge in [-0.25, -0.2) is 0 Å². The Morgan fingerprint density at radius 3 is 2.28 bits per heavy atom. The van der Waals surface area contributed by atoms with Gasteiger partial charge in [-0.2, -0.15) is 0 Å². The molecule has 36 heavy (non-hydrogen) atoms. The molecule has 1 amide bonds. The monoisotopic (exact) mass is 515 g/mol. The lowest BCUT2D eigenvalue weighted by molar-refractivity contribution is 0.0950. The maximum Gasteiger partial charge on any atom is 0.251 e. The molecule has 5 nitrogen and oxygen atoms in total. The third-order valence-corrected chi connectivity index (χ3v) is 8.03. The van der Waals surface area contributed by atoms with Crippen molar-refractivity contribution in [1.82, 2.24) is 5.32 Å². The number of nitrogens with one attached hydrogen (secondary N) is 2. The van der Waals surface area contributed by atoms with Gasteiger partial charge in [0.1, 0.15) is 11.9 Å². The molecule has 1 aromatic heterocycles. The van der Waals surface area contributed by atoms with Gasteiger partial charge in [-0.3, -0.25) is 10.2 Å². The van der Waals surface area contributed by atoms with Crippen molar-refractivity contribution in [3.05, 3.63) is 116 Å². The summed E-state index contributed by atoms with van der Waals surface area (Å²) in [6.45, 7) is 2.56. The molecule has 5 rings (SSSR count). The normalized spacial score (nSPS) is 16.2. The van der Waals surface area contributed by atoms with Gasteiger partial charge in [0.15, 0.2) is 0 Å². The Hall–Kier alpha value is -3.45. The molecular formula is C29H26ClN3O2S. The third-order valence-electron chi connectivity index (χ3n) is 6.75. The number of thiophene rings is 1. The molecule has 1 aliphatic carbocycles. The molecule has 182 valence electrons. The van der Waals surface area contributed by atoms with Gasteiger partial charge in [0.2, 0.25) is 0 Å². The summed E-state index contributed by atoms with van der Waals surface area (Å²) in [5.41, 5.74) is 13.4. The summed E-state index contributed by atoms with van der Waals surface area (Å²) >= 11 is 7.73. The van der Waals surface area contributed by atoms with Crippen LogP contribution in [0.15, 0.2) is 72.8 Å². The number of rotatable bonds is 6. The molecular weight excluding hydrogens is 490 g/mol. The van der Waals surface area contributed by atoms with Gasteiger partial charge < -0.3 is 15.8 Å². The minimum absolute atomic E-state index is 0.0241. The van der Waals surface area contributed by atoms with E-state index in [2.05, 4.69) is 30.4 Å². The van der Waals surface area contributed by atoms with Crippen LogP contribution in [0.4, 0.5) is 0 Å². The number of carbonyl (C=O) groups excluding carboxylic acids is 1. The highest BCUT2D eigenvalue weighted by Crippen LogP contribution is 2.45. The standard InChI is InChI=1S/C29H26ClN3O2S/c1-16-23-13-19(25-11-12-26(30)36-25)7-9-21(23)27(35-2)22-10-8-20(14-24(16)22)29(34)33-15-17-3-5-18(6-4-17)28(31)32/h3-14,16,27H,15H2,1-2H3,(H3,31,32)(H,33,34)/t16-,27+/m1/s1. The molecule has 1 heterocycles. The number of fused-ring (bicyclic) bond motifs is 2. The molecule has 0 unspecified atom stereocenters. The van der Waals surface area contributed by atoms with Gasteiger partial charge in [0, 0.05) is 35.6 Å². The van der Waals surface area contributed by atoms with Crippen molar-refractivity contribution in [2.75, 3.05) is 7.11 Å². The van der Waals surface area contributed by atoms with Gasteiger partial charge in [0.05, 0.1) is 4.34 Å². The van der Waals surface area contributed by atoms with E-state index in [9.17, 15) is 4.79 Å². The van der Waals surface area contributed by atoms with Crippen molar-refractivity contribution >= 4 is 34.7 Å². The summed E-state index contributed by atoms with van der Waals surface area (Å²) in [6.07, 6.45) is -0.191. The SMILES string of the molecule is CO[C@@H]1c2ccc(C(=O)NCc3ccc(C(=N)N)cc3)cc2[C@H](C)c2cc(-c3ccc(Cl)s3)ccc21. The summed E-state index contributed by atoms with van der Waals surface area (Å²) in [5, 5.41) is 10.5. The summed E-state index contributed by atoms with van der Waals surface area (Å²) < 4.78 is 6.70. The Balaban J connectivity index is 1.41. The fourth-order valence-electron chi connectivity index (χ4n) is 4.82. The van der Waals surface area contributed by atoms with Crippen LogP contribution in [0.1, 0.15) is 62.7 Å². The van der Waals surface area contributed by atoms with Crippen molar-refractivity contribution in [3.63, 3.8) is 0 Å². The highest BCUT2D eigenvalue weighted by atomic mass is 35.5. The number of nitrogen functional groups attached to an aromatic ring is 1. The van der Waals surface area contributed by atoms with Crippen molar-refractivity contribution in [2.45, 2.75) is 25.5 Å². The molecule has 0 radical (unpaired) electrons. The molecule has 0 bridgehead atoms. The van der Waals surface area contributed by atoms with E-state index in [1.807, 2.05) is 42.5 Å². The molecule has 2 atom stereocenters. The first-order valence-electron chi connectivity index (χ1n) is 11.6. The van der Waals surface area contributed by atoms with E-state index in [1.165, 1.54) is 5.56 Å². The fourth-order valence-corrected chi connectivity index (χ4v) is 5.86. The number of hydrogen-bond donors (Lipinski definition) is 3. The van der Waals surface area contributed by atoms with Crippen molar-refractivity contribution in [1.29, 1.82) is 5.41 Å². The molecule has 1 aliphatic rings. The fraction of sp³-hybridized carbons (Fsp3) is 0.172. The topological polar surface area (TPSA) is 88.2 Å². The van der Waals surface area contributed by atoms with Crippen LogP contribution in [-0.2, 0) is 11.3 Å². The average Bonchev–Trinajstić information content (AvgIpc) is 3.33. The predicted molar refractivity (Wildman–Crippen MR) is 146 cm³/mol. The maximum atomic E-state index is 13.0. The molecule has 0 saturated carbocycles. The third kappa shape index (κ3) is 4.55. The number of amides is 1. The largest absolute Gasteiger partial charge is 0.384 e. The summed E-state index contributed by atoms with van der Waals surface area (Å²) in [5.74, 6) is -0.0120. The number of ether oxygens (including phenoxy) is 1. The van der Waals surface area contributed by atoms with Gasteiger partial charge in [0.25, 0.3) is 5.91 Å². The van der Waals surface area contributed by atoms with Crippen molar-refractivity contribution in [2.24, 2.45) is 5.73 Å². The van der Waals surface area contributed by atoms with Crippen LogP contribution in [0.3, 0.4) is 0 Å². The number of carbonyl (C=O) groups is 1. The van der Waals surface area contributed by atoms with Crippen LogP contribution < -0.4 is 11.1 Å². The first-order chi connectivity index (χ1) is 17.4. The lowest BCUT2D eigenvalue weighted by atomic mass is 9.76. The molecule has 7 heteroatoms. The second-order valence-electron chi connectivity index (χ2n) is 8.92. The van der Waals surface area contributed by atoms with Crippen molar-refractivity contribution in [3.8, 4) is 10.4 Å². The minimum Gasteiger partial charge on any atom is -0.384 e. The van der Waals surface area contributed by atoms with E-state index in [0.717, 1.165) is 37.0 Å². The van der Waals surface area contributed by atoms with E-state index < -0.39 is 0 Å². The first kappa shape index (κ1) is 24.3. The summed E-state index contributed by atoms with van der Waals surface area (Å²) in [7, 11) is 1.72. The molecule has 0 saturated heterocycles. The maximum absolute atomic E-state index is 13.0. The summed E-state index contributed by atoms with van der Waals surface area (Å²) in [6, 6.07) is 23.6. The van der Waals surface area contributed by atoms with E-state index in [1.54, 1.807) is 30.6 Å². The minimum atomic E-state index is -0.191. The highest BCUT2D eigenvalue weighted by molar-refractivity contribution is 7.19. The number of halogens is 1. The molecule has 3 aromatic carbocycles. The smallest absolute Gasteiger partial charge is 0.251 e. The van der Waals surface area contributed by atoms with Crippen LogP contribution in [0.2, 0.25) is 4.34 Å². The molecule has 0 fully saturated rings. The van der Waals surface area contributed by atoms with Crippen LogP contribution in [0, 0.1) is 5.41 Å². The van der Waals surface area contributed by atoms with Crippen LogP contribution in [-0.4, -0.2) is 18.9 Å². The van der Waals surface area contributed by atoms with Gasteiger partial charge in [-0.15, -0.1) is 11.3 Å². The summed E-state index contributed by atoms with van der Waals surface area (Å²) in [4.78, 5) is 14.1. The first-order valence-corrected chi connectivity index (χ1v) is 12.8. The zero-order valence-electron chi connectivity index (χ0n) is 20.0. The Morgan fingerprint density at radius 1 is 0.972 bits per heavy atom. The Bertz CT molecular complexity index is 1460.